The Bertz CT molecular complexity index is 796. The maximum Gasteiger partial charge on any atom is 0.227 e. The fraction of sp³-hybridized carbons (Fsp3) is 0.278. The zero-order valence-corrected chi connectivity index (χ0v) is 14.2. The molecule has 1 N–H and O–H groups in total. The van der Waals surface area contributed by atoms with Crippen LogP contribution >= 0.6 is 0 Å². The summed E-state index contributed by atoms with van der Waals surface area (Å²) in [5.41, 5.74) is 1.92. The maximum atomic E-state index is 5.11. The van der Waals surface area contributed by atoms with E-state index in [-0.39, 0.29) is 0 Å². The van der Waals surface area contributed by atoms with Crippen LogP contribution in [0.4, 0.5) is 17.6 Å². The lowest BCUT2D eigenvalue weighted by Crippen LogP contribution is -2.24. The Hall–Kier alpha value is -2.89. The molecule has 0 saturated carbocycles. The molecule has 1 aromatic carbocycles. The summed E-state index contributed by atoms with van der Waals surface area (Å²) in [6.45, 7) is 7.73. The third-order valence-corrected chi connectivity index (χ3v) is 3.71. The van der Waals surface area contributed by atoms with Gasteiger partial charge in [-0.2, -0.15) is 4.98 Å². The van der Waals surface area contributed by atoms with Gasteiger partial charge in [-0.1, -0.05) is 35.5 Å². The second kappa shape index (κ2) is 7.12. The Balaban J connectivity index is 2.02. The highest BCUT2D eigenvalue weighted by Gasteiger charge is 2.12. The lowest BCUT2D eigenvalue weighted by Gasteiger charge is -2.20. The van der Waals surface area contributed by atoms with Gasteiger partial charge in [0.25, 0.3) is 0 Å². The van der Waals surface area contributed by atoms with Gasteiger partial charge in [-0.05, 0) is 20.8 Å². The summed E-state index contributed by atoms with van der Waals surface area (Å²) in [4.78, 5) is 11.5. The van der Waals surface area contributed by atoms with Crippen LogP contribution in [0.15, 0.2) is 47.0 Å². The van der Waals surface area contributed by atoms with Gasteiger partial charge in [0.15, 0.2) is 5.82 Å². The first-order valence-corrected chi connectivity index (χ1v) is 8.09. The van der Waals surface area contributed by atoms with E-state index < -0.39 is 0 Å². The largest absolute Gasteiger partial charge is 0.360 e. The Kier molecular flexibility index (Phi) is 4.74. The maximum absolute atomic E-state index is 5.11. The highest BCUT2D eigenvalue weighted by atomic mass is 16.5. The first kappa shape index (κ1) is 16.0. The van der Waals surface area contributed by atoms with Crippen LogP contribution in [0.25, 0.3) is 11.3 Å². The third-order valence-electron chi connectivity index (χ3n) is 3.71. The van der Waals surface area contributed by atoms with E-state index in [0.717, 1.165) is 30.1 Å². The molecule has 0 atom stereocenters. The number of nitrogens with one attached hydrogen (secondary N) is 1. The van der Waals surface area contributed by atoms with Crippen molar-refractivity contribution in [2.24, 2.45) is 0 Å². The molecule has 6 nitrogen and oxygen atoms in total. The van der Waals surface area contributed by atoms with Crippen molar-refractivity contribution in [3.63, 3.8) is 0 Å². The molecule has 0 radical (unpaired) electrons. The summed E-state index contributed by atoms with van der Waals surface area (Å²) >= 11 is 0. The minimum atomic E-state index is 0.635. The SMILES string of the molecule is CCN(CC)c1nc(Nc2cc(C)on2)cc(-c2ccccc2)n1. The summed E-state index contributed by atoms with van der Waals surface area (Å²) in [5, 5.41) is 7.16. The van der Waals surface area contributed by atoms with Crippen molar-refractivity contribution in [1.29, 1.82) is 0 Å². The quantitative estimate of drug-likeness (QED) is 0.739. The van der Waals surface area contributed by atoms with Crippen LogP contribution in [-0.4, -0.2) is 28.2 Å². The minimum Gasteiger partial charge on any atom is -0.360 e. The molecule has 0 unspecified atom stereocenters. The van der Waals surface area contributed by atoms with Crippen molar-refractivity contribution >= 4 is 17.6 Å². The molecule has 0 aliphatic rings. The number of rotatable bonds is 6. The molecule has 6 heteroatoms. The van der Waals surface area contributed by atoms with Crippen molar-refractivity contribution in [2.75, 3.05) is 23.3 Å². The predicted molar refractivity (Wildman–Crippen MR) is 95.6 cm³/mol. The Labute approximate surface area is 141 Å². The van der Waals surface area contributed by atoms with E-state index in [9.17, 15) is 0 Å². The first-order valence-electron chi connectivity index (χ1n) is 8.09. The van der Waals surface area contributed by atoms with Crippen LogP contribution in [-0.2, 0) is 0 Å². The Morgan fingerprint density at radius 2 is 1.75 bits per heavy atom. The second-order valence-electron chi connectivity index (χ2n) is 5.42. The van der Waals surface area contributed by atoms with Crippen molar-refractivity contribution < 1.29 is 4.52 Å². The Morgan fingerprint density at radius 3 is 2.38 bits per heavy atom. The minimum absolute atomic E-state index is 0.635. The average molecular weight is 323 g/mol. The number of benzene rings is 1. The lowest BCUT2D eigenvalue weighted by molar-refractivity contribution is 0.400. The molecule has 0 aliphatic carbocycles. The molecule has 24 heavy (non-hydrogen) atoms. The fourth-order valence-corrected chi connectivity index (χ4v) is 2.46. The number of hydrogen-bond acceptors (Lipinski definition) is 6. The van der Waals surface area contributed by atoms with Gasteiger partial charge in [-0.3, -0.25) is 0 Å². The number of nitrogens with zero attached hydrogens (tertiary/aromatic N) is 4. The summed E-state index contributed by atoms with van der Waals surface area (Å²) in [6, 6.07) is 13.8. The van der Waals surface area contributed by atoms with Gasteiger partial charge in [0, 0.05) is 30.8 Å². The van der Waals surface area contributed by atoms with E-state index in [2.05, 4.69) is 34.2 Å². The summed E-state index contributed by atoms with van der Waals surface area (Å²) in [7, 11) is 0. The van der Waals surface area contributed by atoms with Crippen molar-refractivity contribution in [2.45, 2.75) is 20.8 Å². The molecule has 3 rings (SSSR count). The third kappa shape index (κ3) is 3.53. The van der Waals surface area contributed by atoms with Crippen LogP contribution in [0.2, 0.25) is 0 Å². The van der Waals surface area contributed by atoms with Crippen LogP contribution < -0.4 is 10.2 Å². The van der Waals surface area contributed by atoms with Crippen LogP contribution in [0.5, 0.6) is 0 Å². The zero-order chi connectivity index (χ0) is 16.9. The molecule has 2 heterocycles. The van der Waals surface area contributed by atoms with Gasteiger partial charge in [0.2, 0.25) is 5.95 Å². The first-order chi connectivity index (χ1) is 11.7. The second-order valence-corrected chi connectivity index (χ2v) is 5.42. The Morgan fingerprint density at radius 1 is 1.00 bits per heavy atom. The number of hydrogen-bond donors (Lipinski definition) is 1. The van der Waals surface area contributed by atoms with Crippen molar-refractivity contribution in [3.8, 4) is 11.3 Å². The van der Waals surface area contributed by atoms with Gasteiger partial charge >= 0.3 is 0 Å². The smallest absolute Gasteiger partial charge is 0.227 e. The van der Waals surface area contributed by atoms with Gasteiger partial charge < -0.3 is 14.7 Å². The molecular formula is C18H21N5O. The van der Waals surface area contributed by atoms with Crippen molar-refractivity contribution in [3.05, 3.63) is 48.2 Å². The zero-order valence-electron chi connectivity index (χ0n) is 14.2. The molecular weight excluding hydrogens is 302 g/mol. The van der Waals surface area contributed by atoms with E-state index in [1.165, 1.54) is 0 Å². The molecule has 124 valence electrons. The fourth-order valence-electron chi connectivity index (χ4n) is 2.46. The van der Waals surface area contributed by atoms with Gasteiger partial charge in [-0.25, -0.2) is 4.98 Å². The van der Waals surface area contributed by atoms with E-state index in [1.807, 2.05) is 49.4 Å². The van der Waals surface area contributed by atoms with Gasteiger partial charge in [-0.15, -0.1) is 0 Å². The van der Waals surface area contributed by atoms with Crippen molar-refractivity contribution in [1.82, 2.24) is 15.1 Å². The number of aryl methyl sites for hydroxylation is 1. The number of anilines is 3. The predicted octanol–water partition coefficient (Wildman–Crippen LogP) is 4.03. The topological polar surface area (TPSA) is 67.1 Å². The lowest BCUT2D eigenvalue weighted by atomic mass is 10.1. The highest BCUT2D eigenvalue weighted by molar-refractivity contribution is 5.66. The molecule has 0 bridgehead atoms. The van der Waals surface area contributed by atoms with Gasteiger partial charge in [0.05, 0.1) is 5.69 Å². The van der Waals surface area contributed by atoms with E-state index >= 15 is 0 Å². The van der Waals surface area contributed by atoms with E-state index in [4.69, 9.17) is 9.51 Å². The molecule has 0 fully saturated rings. The average Bonchev–Trinajstić information content (AvgIpc) is 3.01. The van der Waals surface area contributed by atoms with E-state index in [0.29, 0.717) is 17.6 Å². The van der Waals surface area contributed by atoms with E-state index in [1.54, 1.807) is 0 Å². The molecule has 0 amide bonds. The summed E-state index contributed by atoms with van der Waals surface area (Å²) in [6.07, 6.45) is 0. The number of aromatic nitrogens is 3. The summed E-state index contributed by atoms with van der Waals surface area (Å²) < 4.78 is 5.11. The molecule has 0 saturated heterocycles. The van der Waals surface area contributed by atoms with Gasteiger partial charge in [0.1, 0.15) is 11.6 Å². The highest BCUT2D eigenvalue weighted by Crippen LogP contribution is 2.24. The van der Waals surface area contributed by atoms with Crippen LogP contribution in [0.1, 0.15) is 19.6 Å². The molecule has 2 aromatic heterocycles. The van der Waals surface area contributed by atoms with Crippen LogP contribution in [0.3, 0.4) is 0 Å². The molecule has 0 spiro atoms. The van der Waals surface area contributed by atoms with Crippen LogP contribution in [0, 0.1) is 6.92 Å². The summed E-state index contributed by atoms with van der Waals surface area (Å²) in [5.74, 6) is 2.78. The standard InChI is InChI=1S/C18H21N5O/c1-4-23(5-2)18-19-15(14-9-7-6-8-10-14)12-16(21-18)20-17-11-13(3)24-22-17/h6-12H,4-5H2,1-3H3,(H,19,20,21,22). The normalized spacial score (nSPS) is 10.6. The molecule has 3 aromatic rings. The monoisotopic (exact) mass is 323 g/mol. The molecule has 0 aliphatic heterocycles.